The molecule has 0 saturated carbocycles. The fourth-order valence-corrected chi connectivity index (χ4v) is 3.63. The highest BCUT2D eigenvalue weighted by Crippen LogP contribution is 2.37. The Morgan fingerprint density at radius 1 is 1.77 bits per heavy atom. The quantitative estimate of drug-likeness (QED) is 0.736. The average molecular weight is 201 g/mol. The molecule has 4 heteroatoms. The van der Waals surface area contributed by atoms with Crippen LogP contribution in [0.4, 0.5) is 0 Å². The number of carbonyl (C=O) groups is 1. The van der Waals surface area contributed by atoms with E-state index in [0.717, 1.165) is 18.3 Å². The molecule has 2 saturated heterocycles. The Kier molecular flexibility index (Phi) is 2.51. The van der Waals surface area contributed by atoms with E-state index in [1.807, 2.05) is 11.8 Å². The number of rotatable bonds is 3. The van der Waals surface area contributed by atoms with E-state index in [1.54, 1.807) is 6.92 Å². The first-order valence-corrected chi connectivity index (χ1v) is 5.80. The molecule has 3 atom stereocenters. The molecule has 1 N–H and O–H groups in total. The van der Waals surface area contributed by atoms with Gasteiger partial charge in [0.2, 0.25) is 0 Å². The topological polar surface area (TPSA) is 40.5 Å². The summed E-state index contributed by atoms with van der Waals surface area (Å²) in [5.74, 6) is 0.316. The van der Waals surface area contributed by atoms with Gasteiger partial charge < -0.3 is 5.11 Å². The lowest BCUT2D eigenvalue weighted by atomic mass is 10.1. The van der Waals surface area contributed by atoms with E-state index in [2.05, 4.69) is 4.90 Å². The van der Waals surface area contributed by atoms with Crippen molar-refractivity contribution in [3.8, 4) is 0 Å². The lowest BCUT2D eigenvalue weighted by molar-refractivity contribution is -0.141. The van der Waals surface area contributed by atoms with Crippen LogP contribution in [0, 0.1) is 5.92 Å². The predicted molar refractivity (Wildman–Crippen MR) is 53.0 cm³/mol. The van der Waals surface area contributed by atoms with Gasteiger partial charge in [-0.05, 0) is 6.42 Å². The van der Waals surface area contributed by atoms with E-state index in [9.17, 15) is 4.79 Å². The molecule has 3 unspecified atom stereocenters. The predicted octanol–water partition coefficient (Wildman–Crippen LogP) is 0.897. The van der Waals surface area contributed by atoms with Gasteiger partial charge in [-0.1, -0.05) is 6.92 Å². The lowest BCUT2D eigenvalue weighted by Gasteiger charge is -2.27. The molecular weight excluding hydrogens is 186 g/mol. The van der Waals surface area contributed by atoms with E-state index < -0.39 is 5.97 Å². The Hall–Kier alpha value is -0.220. The van der Waals surface area contributed by atoms with E-state index in [0.29, 0.717) is 6.04 Å². The van der Waals surface area contributed by atoms with Crippen molar-refractivity contribution in [2.45, 2.75) is 24.6 Å². The molecule has 0 radical (unpaired) electrons. The number of hydrogen-bond donors (Lipinski definition) is 1. The molecule has 2 fully saturated rings. The van der Waals surface area contributed by atoms with Crippen LogP contribution < -0.4 is 0 Å². The molecule has 0 amide bonds. The molecule has 0 aromatic carbocycles. The number of carboxylic acid groups (broad SMARTS) is 1. The van der Waals surface area contributed by atoms with Gasteiger partial charge in [-0.25, -0.2) is 0 Å². The summed E-state index contributed by atoms with van der Waals surface area (Å²) in [5, 5.41) is 9.56. The second-order valence-electron chi connectivity index (χ2n) is 4.04. The molecule has 2 heterocycles. The second-order valence-corrected chi connectivity index (χ2v) is 5.37. The molecule has 2 aliphatic rings. The molecule has 2 rings (SSSR count). The second kappa shape index (κ2) is 3.50. The average Bonchev–Trinajstić information content (AvgIpc) is 2.64. The Bertz CT molecular complexity index is 222. The molecule has 74 valence electrons. The Morgan fingerprint density at radius 3 is 3.00 bits per heavy atom. The Morgan fingerprint density at radius 2 is 2.54 bits per heavy atom. The van der Waals surface area contributed by atoms with Crippen LogP contribution in [0.15, 0.2) is 0 Å². The minimum absolute atomic E-state index is 0.218. The Labute approximate surface area is 82.5 Å². The van der Waals surface area contributed by atoms with Gasteiger partial charge >= 0.3 is 5.97 Å². The standard InChI is InChI=1S/C9H15NO2S/c1-6(9(11)12)3-10-4-8-2-7(10)5-13-8/h6-8H,2-5H2,1H3,(H,11,12). The monoisotopic (exact) mass is 201 g/mol. The van der Waals surface area contributed by atoms with E-state index in [4.69, 9.17) is 5.11 Å². The third-order valence-corrected chi connectivity index (χ3v) is 4.33. The third kappa shape index (κ3) is 1.83. The van der Waals surface area contributed by atoms with Crippen molar-refractivity contribution in [3.63, 3.8) is 0 Å². The van der Waals surface area contributed by atoms with Crippen LogP contribution in [0.2, 0.25) is 0 Å². The van der Waals surface area contributed by atoms with Crippen molar-refractivity contribution in [3.05, 3.63) is 0 Å². The number of aliphatic carboxylic acids is 1. The largest absolute Gasteiger partial charge is 0.481 e. The van der Waals surface area contributed by atoms with Crippen LogP contribution in [-0.4, -0.2) is 46.1 Å². The van der Waals surface area contributed by atoms with Crippen molar-refractivity contribution in [2.24, 2.45) is 5.92 Å². The van der Waals surface area contributed by atoms with Crippen LogP contribution in [0.25, 0.3) is 0 Å². The summed E-state index contributed by atoms with van der Waals surface area (Å²) in [5.41, 5.74) is 0. The first-order chi connectivity index (χ1) is 6.16. The van der Waals surface area contributed by atoms with Crippen molar-refractivity contribution >= 4 is 17.7 Å². The minimum atomic E-state index is -0.671. The number of nitrogens with zero attached hydrogens (tertiary/aromatic N) is 1. The highest BCUT2D eigenvalue weighted by atomic mass is 32.2. The van der Waals surface area contributed by atoms with Crippen LogP contribution in [0.3, 0.4) is 0 Å². The molecule has 13 heavy (non-hydrogen) atoms. The molecule has 0 aliphatic carbocycles. The fourth-order valence-electron chi connectivity index (χ4n) is 2.13. The van der Waals surface area contributed by atoms with Gasteiger partial charge in [0.1, 0.15) is 0 Å². The first-order valence-electron chi connectivity index (χ1n) is 4.75. The smallest absolute Gasteiger partial charge is 0.307 e. The van der Waals surface area contributed by atoms with Gasteiger partial charge in [-0.3, -0.25) is 9.69 Å². The number of hydrogen-bond acceptors (Lipinski definition) is 3. The summed E-state index contributed by atoms with van der Waals surface area (Å²) < 4.78 is 0. The summed E-state index contributed by atoms with van der Waals surface area (Å²) in [6, 6.07) is 0.664. The van der Waals surface area contributed by atoms with Crippen molar-refractivity contribution in [1.82, 2.24) is 4.90 Å². The van der Waals surface area contributed by atoms with Crippen LogP contribution in [0.5, 0.6) is 0 Å². The van der Waals surface area contributed by atoms with Crippen molar-refractivity contribution in [2.75, 3.05) is 18.8 Å². The van der Waals surface area contributed by atoms with Crippen LogP contribution in [0.1, 0.15) is 13.3 Å². The molecule has 2 bridgehead atoms. The lowest BCUT2D eigenvalue weighted by Crippen LogP contribution is -2.38. The maximum atomic E-state index is 10.7. The zero-order valence-corrected chi connectivity index (χ0v) is 8.59. The summed E-state index contributed by atoms with van der Waals surface area (Å²) in [4.78, 5) is 13.0. The van der Waals surface area contributed by atoms with Crippen LogP contribution >= 0.6 is 11.8 Å². The summed E-state index contributed by atoms with van der Waals surface area (Å²) in [7, 11) is 0. The Balaban J connectivity index is 1.86. The normalized spacial score (nSPS) is 35.2. The van der Waals surface area contributed by atoms with Gasteiger partial charge in [0.25, 0.3) is 0 Å². The van der Waals surface area contributed by atoms with E-state index >= 15 is 0 Å². The highest BCUT2D eigenvalue weighted by molar-refractivity contribution is 8.00. The fraction of sp³-hybridized carbons (Fsp3) is 0.889. The first kappa shape index (κ1) is 9.34. The zero-order chi connectivity index (χ0) is 9.42. The van der Waals surface area contributed by atoms with Gasteiger partial charge in [0.15, 0.2) is 0 Å². The minimum Gasteiger partial charge on any atom is -0.481 e. The highest BCUT2D eigenvalue weighted by Gasteiger charge is 2.39. The molecular formula is C9H15NO2S. The SMILES string of the molecule is CC(CN1CC2CC1CS2)C(=O)O. The molecule has 0 aromatic heterocycles. The van der Waals surface area contributed by atoms with E-state index in [1.165, 1.54) is 12.2 Å². The van der Waals surface area contributed by atoms with Crippen molar-refractivity contribution in [1.29, 1.82) is 0 Å². The maximum absolute atomic E-state index is 10.7. The summed E-state index contributed by atoms with van der Waals surface area (Å²) in [6.07, 6.45) is 1.27. The number of fused-ring (bicyclic) bond motifs is 2. The third-order valence-electron chi connectivity index (χ3n) is 2.94. The number of carboxylic acids is 1. The van der Waals surface area contributed by atoms with Gasteiger partial charge in [0, 0.05) is 30.1 Å². The summed E-state index contributed by atoms with van der Waals surface area (Å²) in [6.45, 7) is 3.63. The number of likely N-dealkylation sites (tertiary alicyclic amines) is 1. The zero-order valence-electron chi connectivity index (χ0n) is 7.77. The van der Waals surface area contributed by atoms with Crippen molar-refractivity contribution < 1.29 is 9.90 Å². The molecule has 2 aliphatic heterocycles. The van der Waals surface area contributed by atoms with Gasteiger partial charge in [0.05, 0.1) is 5.92 Å². The van der Waals surface area contributed by atoms with Gasteiger partial charge in [-0.2, -0.15) is 11.8 Å². The molecule has 0 aromatic rings. The van der Waals surface area contributed by atoms with Crippen LogP contribution in [-0.2, 0) is 4.79 Å². The number of thioether (sulfide) groups is 1. The molecule has 0 spiro atoms. The molecule has 3 nitrogen and oxygen atoms in total. The summed E-state index contributed by atoms with van der Waals surface area (Å²) >= 11 is 2.04. The maximum Gasteiger partial charge on any atom is 0.307 e. The van der Waals surface area contributed by atoms with Gasteiger partial charge in [-0.15, -0.1) is 0 Å². The van der Waals surface area contributed by atoms with E-state index in [-0.39, 0.29) is 5.92 Å².